The summed E-state index contributed by atoms with van der Waals surface area (Å²) in [5.41, 5.74) is 2.61. The van der Waals surface area contributed by atoms with Gasteiger partial charge in [0.1, 0.15) is 0 Å². The quantitative estimate of drug-likeness (QED) is 0.445. The first kappa shape index (κ1) is 20.1. The fraction of sp³-hybridized carbons (Fsp3) is 0.0952. The summed E-state index contributed by atoms with van der Waals surface area (Å²) in [6.07, 6.45) is 3.48. The van der Waals surface area contributed by atoms with Gasteiger partial charge in [-0.15, -0.1) is 22.7 Å². The smallest absolute Gasteiger partial charge is 0.257 e. The average molecular weight is 466 g/mol. The highest BCUT2D eigenvalue weighted by atomic mass is 32.1. The predicted octanol–water partition coefficient (Wildman–Crippen LogP) is 3.82. The van der Waals surface area contributed by atoms with Crippen LogP contribution in [0.2, 0.25) is 0 Å². The number of ether oxygens (including phenoxy) is 2. The van der Waals surface area contributed by atoms with E-state index in [4.69, 9.17) is 9.47 Å². The normalized spacial score (nSPS) is 11.9. The molecular weight excluding hydrogens is 450 g/mol. The van der Waals surface area contributed by atoms with Gasteiger partial charge in [-0.2, -0.15) is 0 Å². The van der Waals surface area contributed by atoms with Gasteiger partial charge in [-0.25, -0.2) is 9.97 Å². The van der Waals surface area contributed by atoms with Crippen LogP contribution < -0.4 is 20.1 Å². The molecular formula is C21H15N5O4S2. The number of hydrogen-bond donors (Lipinski definition) is 2. The van der Waals surface area contributed by atoms with Gasteiger partial charge in [-0.3, -0.25) is 19.9 Å². The van der Waals surface area contributed by atoms with Crippen molar-refractivity contribution in [3.05, 3.63) is 64.7 Å². The first-order chi connectivity index (χ1) is 15.6. The molecule has 4 aromatic rings. The van der Waals surface area contributed by atoms with Crippen LogP contribution in [0.3, 0.4) is 0 Å². The zero-order valence-electron chi connectivity index (χ0n) is 16.4. The molecule has 3 aromatic heterocycles. The maximum absolute atomic E-state index is 12.5. The second-order valence-corrected chi connectivity index (χ2v) is 8.39. The van der Waals surface area contributed by atoms with E-state index in [2.05, 4.69) is 25.6 Å². The Morgan fingerprint density at radius 3 is 2.72 bits per heavy atom. The number of carbonyl (C=O) groups excluding carboxylic acids is 2. The fourth-order valence-electron chi connectivity index (χ4n) is 2.96. The van der Waals surface area contributed by atoms with Crippen LogP contribution in [0.25, 0.3) is 11.3 Å². The molecule has 0 spiro atoms. The lowest BCUT2D eigenvalue weighted by molar-refractivity contribution is -0.115. The van der Waals surface area contributed by atoms with E-state index < -0.39 is 0 Å². The summed E-state index contributed by atoms with van der Waals surface area (Å²) in [5.74, 6) is 0.579. The highest BCUT2D eigenvalue weighted by Gasteiger charge is 2.17. The van der Waals surface area contributed by atoms with Crippen LogP contribution in [0.5, 0.6) is 11.5 Å². The van der Waals surface area contributed by atoms with Gasteiger partial charge in [0.2, 0.25) is 12.7 Å². The second kappa shape index (κ2) is 8.73. The molecule has 0 fully saturated rings. The molecule has 0 saturated heterocycles. The molecule has 4 heterocycles. The number of anilines is 2. The van der Waals surface area contributed by atoms with Crippen molar-refractivity contribution < 1.29 is 19.1 Å². The molecule has 0 aliphatic carbocycles. The molecule has 0 saturated carbocycles. The number of nitrogens with zero attached hydrogens (tertiary/aromatic N) is 3. The van der Waals surface area contributed by atoms with Gasteiger partial charge in [0, 0.05) is 34.3 Å². The number of rotatable bonds is 6. The van der Waals surface area contributed by atoms with Gasteiger partial charge >= 0.3 is 0 Å². The predicted molar refractivity (Wildman–Crippen MR) is 120 cm³/mol. The van der Waals surface area contributed by atoms with Crippen LogP contribution >= 0.6 is 22.7 Å². The van der Waals surface area contributed by atoms with Crippen molar-refractivity contribution in [1.82, 2.24) is 15.0 Å². The molecule has 5 rings (SSSR count). The molecule has 32 heavy (non-hydrogen) atoms. The Kier molecular flexibility index (Phi) is 5.48. The van der Waals surface area contributed by atoms with Crippen LogP contribution in [-0.4, -0.2) is 33.6 Å². The first-order valence-electron chi connectivity index (χ1n) is 9.45. The van der Waals surface area contributed by atoms with Crippen molar-refractivity contribution in [2.75, 3.05) is 17.4 Å². The van der Waals surface area contributed by atoms with Crippen molar-refractivity contribution in [3.63, 3.8) is 0 Å². The van der Waals surface area contributed by atoms with Gasteiger partial charge in [-0.05, 0) is 30.3 Å². The number of hydrogen-bond acceptors (Lipinski definition) is 9. The number of amides is 2. The van der Waals surface area contributed by atoms with Crippen LogP contribution in [-0.2, 0) is 11.2 Å². The highest BCUT2D eigenvalue weighted by molar-refractivity contribution is 7.14. The summed E-state index contributed by atoms with van der Waals surface area (Å²) in [6, 6.07) is 8.69. The number of carbonyl (C=O) groups is 2. The van der Waals surface area contributed by atoms with E-state index in [1.807, 2.05) is 17.5 Å². The molecule has 160 valence electrons. The summed E-state index contributed by atoms with van der Waals surface area (Å²) in [7, 11) is 0. The monoisotopic (exact) mass is 465 g/mol. The highest BCUT2D eigenvalue weighted by Crippen LogP contribution is 2.32. The van der Waals surface area contributed by atoms with Gasteiger partial charge in [0.05, 0.1) is 17.8 Å². The number of thiazole rings is 2. The lowest BCUT2D eigenvalue weighted by Gasteiger charge is -2.03. The number of nitrogens with one attached hydrogen (secondary N) is 2. The lowest BCUT2D eigenvalue weighted by atomic mass is 10.2. The molecule has 11 heteroatoms. The largest absolute Gasteiger partial charge is 0.454 e. The summed E-state index contributed by atoms with van der Waals surface area (Å²) in [6.45, 7) is 0.143. The minimum absolute atomic E-state index is 0.0677. The third kappa shape index (κ3) is 4.43. The van der Waals surface area contributed by atoms with Crippen molar-refractivity contribution in [3.8, 4) is 22.8 Å². The van der Waals surface area contributed by atoms with E-state index in [1.165, 1.54) is 22.7 Å². The van der Waals surface area contributed by atoms with Crippen molar-refractivity contribution in [2.45, 2.75) is 6.42 Å². The SMILES string of the molecule is O=C(Cc1csc(NC(=O)c2ccc3c(c2)OCO3)n1)Nc1nc(-c2cccnc2)cs1. The molecule has 0 bridgehead atoms. The summed E-state index contributed by atoms with van der Waals surface area (Å²) >= 11 is 2.59. The Labute approximate surface area is 190 Å². The van der Waals surface area contributed by atoms with E-state index in [0.29, 0.717) is 33.0 Å². The minimum atomic E-state index is -0.320. The van der Waals surface area contributed by atoms with Gasteiger partial charge < -0.3 is 14.8 Å². The van der Waals surface area contributed by atoms with E-state index in [0.717, 1.165) is 11.3 Å². The van der Waals surface area contributed by atoms with E-state index in [1.54, 1.807) is 36.0 Å². The van der Waals surface area contributed by atoms with Crippen LogP contribution in [0, 0.1) is 0 Å². The Balaban J connectivity index is 1.18. The summed E-state index contributed by atoms with van der Waals surface area (Å²) in [5, 5.41) is 10.0. The molecule has 0 radical (unpaired) electrons. The molecule has 2 amide bonds. The van der Waals surface area contributed by atoms with Gasteiger partial charge in [0.25, 0.3) is 5.91 Å². The fourth-order valence-corrected chi connectivity index (χ4v) is 4.40. The number of aromatic nitrogens is 3. The number of benzene rings is 1. The molecule has 9 nitrogen and oxygen atoms in total. The lowest BCUT2D eigenvalue weighted by Crippen LogP contribution is -2.15. The Bertz CT molecular complexity index is 1290. The molecule has 0 atom stereocenters. The Morgan fingerprint density at radius 2 is 1.84 bits per heavy atom. The second-order valence-electron chi connectivity index (χ2n) is 6.67. The topological polar surface area (TPSA) is 115 Å². The summed E-state index contributed by atoms with van der Waals surface area (Å²) in [4.78, 5) is 37.7. The standard InChI is InChI=1S/C21H15N5O4S2/c27-18(25-21-24-15(10-32-21)13-2-1-5-22-8-13)7-14-9-31-20(23-14)26-19(28)12-3-4-16-17(6-12)30-11-29-16/h1-6,8-10H,7,11H2,(H,23,26,28)(H,24,25,27). The summed E-state index contributed by atoms with van der Waals surface area (Å²) < 4.78 is 10.5. The maximum atomic E-state index is 12.5. The Hall–Kier alpha value is -3.83. The van der Waals surface area contributed by atoms with Gasteiger partial charge in [-0.1, -0.05) is 0 Å². The maximum Gasteiger partial charge on any atom is 0.257 e. The van der Waals surface area contributed by atoms with Crippen molar-refractivity contribution in [2.24, 2.45) is 0 Å². The van der Waals surface area contributed by atoms with Crippen LogP contribution in [0.1, 0.15) is 16.1 Å². The molecule has 1 aromatic carbocycles. The molecule has 0 unspecified atom stereocenters. The molecule has 2 N–H and O–H groups in total. The van der Waals surface area contributed by atoms with Crippen molar-refractivity contribution in [1.29, 1.82) is 0 Å². The van der Waals surface area contributed by atoms with Crippen LogP contribution in [0.4, 0.5) is 10.3 Å². The van der Waals surface area contributed by atoms with E-state index in [-0.39, 0.29) is 25.0 Å². The zero-order chi connectivity index (χ0) is 21.9. The third-order valence-electron chi connectivity index (χ3n) is 4.46. The number of pyridine rings is 1. The Morgan fingerprint density at radius 1 is 1.00 bits per heavy atom. The third-order valence-corrected chi connectivity index (χ3v) is 6.02. The van der Waals surface area contributed by atoms with Crippen LogP contribution in [0.15, 0.2) is 53.5 Å². The minimum Gasteiger partial charge on any atom is -0.454 e. The number of fused-ring (bicyclic) bond motifs is 1. The van der Waals surface area contributed by atoms with Gasteiger partial charge in [0.15, 0.2) is 21.8 Å². The van der Waals surface area contributed by atoms with E-state index >= 15 is 0 Å². The average Bonchev–Trinajstić information content (AvgIpc) is 3.55. The van der Waals surface area contributed by atoms with Crippen molar-refractivity contribution >= 4 is 44.8 Å². The molecule has 1 aliphatic heterocycles. The molecule has 1 aliphatic rings. The zero-order valence-corrected chi connectivity index (χ0v) is 18.0. The first-order valence-corrected chi connectivity index (χ1v) is 11.2. The van der Waals surface area contributed by atoms with E-state index in [9.17, 15) is 9.59 Å².